The second kappa shape index (κ2) is 7.69. The molecular weight excluding hydrogens is 278 g/mol. The summed E-state index contributed by atoms with van der Waals surface area (Å²) in [6, 6.07) is 11.0. The highest BCUT2D eigenvalue weighted by Gasteiger charge is 2.19. The van der Waals surface area contributed by atoms with Crippen molar-refractivity contribution in [3.05, 3.63) is 52.0 Å². The lowest BCUT2D eigenvalue weighted by Gasteiger charge is -2.28. The van der Waals surface area contributed by atoms with Crippen LogP contribution in [0.25, 0.3) is 0 Å². The number of hydrogen-bond donors (Lipinski definition) is 1. The van der Waals surface area contributed by atoms with E-state index >= 15 is 0 Å². The number of aromatic nitrogens is 1. The van der Waals surface area contributed by atoms with Crippen molar-refractivity contribution in [2.24, 2.45) is 5.92 Å². The lowest BCUT2D eigenvalue weighted by molar-refractivity contribution is 0.244. The molecule has 0 aliphatic heterocycles. The number of rotatable bonds is 7. The van der Waals surface area contributed by atoms with Crippen molar-refractivity contribution in [1.29, 1.82) is 0 Å². The second-order valence-electron chi connectivity index (χ2n) is 5.71. The highest BCUT2D eigenvalue weighted by atomic mass is 32.1. The molecular formula is C17H25N3S. The fourth-order valence-corrected chi connectivity index (χ4v) is 3.46. The van der Waals surface area contributed by atoms with Crippen molar-refractivity contribution in [2.45, 2.75) is 26.4 Å². The lowest BCUT2D eigenvalue weighted by Crippen LogP contribution is -2.32. The van der Waals surface area contributed by atoms with Gasteiger partial charge in [0.2, 0.25) is 0 Å². The van der Waals surface area contributed by atoms with Gasteiger partial charge < -0.3 is 10.2 Å². The Morgan fingerprint density at radius 2 is 2.00 bits per heavy atom. The van der Waals surface area contributed by atoms with Gasteiger partial charge in [0.15, 0.2) is 0 Å². The first kappa shape index (κ1) is 16.1. The first-order valence-corrected chi connectivity index (χ1v) is 8.30. The molecule has 114 valence electrons. The van der Waals surface area contributed by atoms with E-state index in [1.165, 1.54) is 11.3 Å². The number of nitrogens with zero attached hydrogens (tertiary/aromatic N) is 2. The Morgan fingerprint density at radius 1 is 1.29 bits per heavy atom. The summed E-state index contributed by atoms with van der Waals surface area (Å²) in [5.41, 5.74) is 2.53. The molecule has 4 heteroatoms. The van der Waals surface area contributed by atoms with Crippen LogP contribution in [0.1, 0.15) is 29.2 Å². The summed E-state index contributed by atoms with van der Waals surface area (Å²) >= 11 is 1.72. The Kier molecular flexibility index (Phi) is 5.91. The van der Waals surface area contributed by atoms with Crippen LogP contribution in [0.3, 0.4) is 0 Å². The predicted molar refractivity (Wildman–Crippen MR) is 90.6 cm³/mol. The summed E-state index contributed by atoms with van der Waals surface area (Å²) in [6.45, 7) is 6.32. The molecule has 21 heavy (non-hydrogen) atoms. The highest BCUT2D eigenvalue weighted by molar-refractivity contribution is 7.09. The smallest absolute Gasteiger partial charge is 0.0897 e. The molecule has 0 bridgehead atoms. The van der Waals surface area contributed by atoms with Crippen LogP contribution in [0.15, 0.2) is 35.7 Å². The Labute approximate surface area is 132 Å². The van der Waals surface area contributed by atoms with E-state index in [0.29, 0.717) is 12.0 Å². The van der Waals surface area contributed by atoms with Crippen LogP contribution >= 0.6 is 11.3 Å². The summed E-state index contributed by atoms with van der Waals surface area (Å²) in [6.07, 6.45) is 0. The summed E-state index contributed by atoms with van der Waals surface area (Å²) in [4.78, 5) is 6.90. The Morgan fingerprint density at radius 3 is 2.57 bits per heavy atom. The van der Waals surface area contributed by atoms with E-state index in [0.717, 1.165) is 18.1 Å². The standard InChI is InChI=1S/C17H25N3S/c1-13(17(18-3)15-8-6-5-7-9-15)10-20(4)11-16-12-21-14(2)19-16/h5-9,12-13,17-18H,10-11H2,1-4H3. The zero-order chi connectivity index (χ0) is 15.2. The van der Waals surface area contributed by atoms with Gasteiger partial charge in [-0.3, -0.25) is 0 Å². The molecule has 3 nitrogen and oxygen atoms in total. The normalized spacial score (nSPS) is 14.3. The zero-order valence-electron chi connectivity index (χ0n) is 13.3. The first-order chi connectivity index (χ1) is 10.1. The number of hydrogen-bond acceptors (Lipinski definition) is 4. The maximum Gasteiger partial charge on any atom is 0.0897 e. The van der Waals surface area contributed by atoms with Gasteiger partial charge in [0.25, 0.3) is 0 Å². The van der Waals surface area contributed by atoms with Gasteiger partial charge in [-0.25, -0.2) is 4.98 Å². The molecule has 2 aromatic rings. The number of benzene rings is 1. The predicted octanol–water partition coefficient (Wildman–Crippen LogP) is 3.48. The highest BCUT2D eigenvalue weighted by Crippen LogP contribution is 2.22. The van der Waals surface area contributed by atoms with Crippen LogP contribution in [-0.2, 0) is 6.54 Å². The minimum Gasteiger partial charge on any atom is -0.313 e. The van der Waals surface area contributed by atoms with Gasteiger partial charge in [0.1, 0.15) is 0 Å². The lowest BCUT2D eigenvalue weighted by atomic mass is 9.94. The average molecular weight is 303 g/mol. The average Bonchev–Trinajstić information content (AvgIpc) is 2.85. The van der Waals surface area contributed by atoms with Crippen molar-refractivity contribution >= 4 is 11.3 Å². The monoisotopic (exact) mass is 303 g/mol. The van der Waals surface area contributed by atoms with Gasteiger partial charge in [-0.2, -0.15) is 0 Å². The van der Waals surface area contributed by atoms with Crippen LogP contribution in [0.4, 0.5) is 0 Å². The molecule has 1 heterocycles. The minimum absolute atomic E-state index is 0.380. The van der Waals surface area contributed by atoms with Crippen LogP contribution in [-0.4, -0.2) is 30.5 Å². The van der Waals surface area contributed by atoms with Gasteiger partial charge in [-0.15, -0.1) is 11.3 Å². The first-order valence-electron chi connectivity index (χ1n) is 7.42. The van der Waals surface area contributed by atoms with Gasteiger partial charge in [0, 0.05) is 24.5 Å². The van der Waals surface area contributed by atoms with Gasteiger partial charge >= 0.3 is 0 Å². The third kappa shape index (κ3) is 4.63. The molecule has 2 rings (SSSR count). The van der Waals surface area contributed by atoms with Gasteiger partial charge in [0.05, 0.1) is 10.7 Å². The van der Waals surface area contributed by atoms with E-state index in [1.54, 1.807) is 11.3 Å². The topological polar surface area (TPSA) is 28.2 Å². The molecule has 1 aromatic carbocycles. The minimum atomic E-state index is 0.380. The SMILES string of the molecule is CNC(c1ccccc1)C(C)CN(C)Cc1csc(C)n1. The Balaban J connectivity index is 1.94. The molecule has 1 aromatic heterocycles. The van der Waals surface area contributed by atoms with E-state index in [-0.39, 0.29) is 0 Å². The molecule has 0 radical (unpaired) electrons. The van der Waals surface area contributed by atoms with Crippen LogP contribution < -0.4 is 5.32 Å². The Bertz CT molecular complexity index is 538. The molecule has 0 spiro atoms. The molecule has 0 fully saturated rings. The quantitative estimate of drug-likeness (QED) is 0.849. The molecule has 0 saturated carbocycles. The fourth-order valence-electron chi connectivity index (χ4n) is 2.86. The van der Waals surface area contributed by atoms with Crippen molar-refractivity contribution in [2.75, 3.05) is 20.6 Å². The third-order valence-corrected chi connectivity index (χ3v) is 4.56. The van der Waals surface area contributed by atoms with Crippen molar-refractivity contribution in [3.63, 3.8) is 0 Å². The molecule has 0 aliphatic rings. The molecule has 0 amide bonds. The van der Waals surface area contributed by atoms with E-state index in [1.807, 2.05) is 7.05 Å². The van der Waals surface area contributed by atoms with E-state index in [4.69, 9.17) is 0 Å². The van der Waals surface area contributed by atoms with E-state index in [9.17, 15) is 0 Å². The third-order valence-electron chi connectivity index (χ3n) is 3.74. The van der Waals surface area contributed by atoms with Gasteiger partial charge in [-0.1, -0.05) is 37.3 Å². The second-order valence-corrected chi connectivity index (χ2v) is 6.77. The molecule has 2 unspecified atom stereocenters. The molecule has 2 atom stereocenters. The van der Waals surface area contributed by atoms with Crippen LogP contribution in [0, 0.1) is 12.8 Å². The maximum atomic E-state index is 4.54. The molecule has 0 saturated heterocycles. The van der Waals surface area contributed by atoms with E-state index in [2.05, 4.69) is 71.8 Å². The molecule has 1 N–H and O–H groups in total. The largest absolute Gasteiger partial charge is 0.313 e. The zero-order valence-corrected chi connectivity index (χ0v) is 14.2. The summed E-state index contributed by atoms with van der Waals surface area (Å²) in [7, 11) is 4.21. The van der Waals surface area contributed by atoms with Gasteiger partial charge in [-0.05, 0) is 32.5 Å². The maximum absolute atomic E-state index is 4.54. The van der Waals surface area contributed by atoms with E-state index < -0.39 is 0 Å². The van der Waals surface area contributed by atoms with Crippen molar-refractivity contribution in [1.82, 2.24) is 15.2 Å². The number of thiazole rings is 1. The summed E-state index contributed by atoms with van der Waals surface area (Å²) < 4.78 is 0. The summed E-state index contributed by atoms with van der Waals surface area (Å²) in [5, 5.41) is 6.75. The number of nitrogens with one attached hydrogen (secondary N) is 1. The number of aryl methyl sites for hydroxylation is 1. The van der Waals surface area contributed by atoms with Crippen LogP contribution in [0.5, 0.6) is 0 Å². The van der Waals surface area contributed by atoms with Crippen molar-refractivity contribution < 1.29 is 0 Å². The van der Waals surface area contributed by atoms with Crippen molar-refractivity contribution in [3.8, 4) is 0 Å². The fraction of sp³-hybridized carbons (Fsp3) is 0.471. The summed E-state index contributed by atoms with van der Waals surface area (Å²) in [5.74, 6) is 0.530. The molecule has 0 aliphatic carbocycles. The van der Waals surface area contributed by atoms with Crippen LogP contribution in [0.2, 0.25) is 0 Å². The Hall–Kier alpha value is -1.23.